The Bertz CT molecular complexity index is 268. The lowest BCUT2D eigenvalue weighted by molar-refractivity contribution is -0.151. The van der Waals surface area contributed by atoms with Crippen LogP contribution in [-0.2, 0) is 14.3 Å². The van der Waals surface area contributed by atoms with Crippen molar-refractivity contribution in [2.24, 2.45) is 0 Å². The molecule has 2 aliphatic rings. The summed E-state index contributed by atoms with van der Waals surface area (Å²) in [4.78, 5) is 14.0. The van der Waals surface area contributed by atoms with Crippen LogP contribution in [0.2, 0.25) is 0 Å². The van der Waals surface area contributed by atoms with Crippen molar-refractivity contribution in [1.82, 2.24) is 10.2 Å². The number of aliphatic hydroxyl groups excluding tert-OH is 1. The molecule has 0 saturated carbocycles. The fourth-order valence-corrected chi connectivity index (χ4v) is 2.16. The van der Waals surface area contributed by atoms with Crippen molar-refractivity contribution in [2.75, 3.05) is 39.5 Å². The molecular formula is C11H20N2O4. The van der Waals surface area contributed by atoms with Crippen LogP contribution in [0.1, 0.15) is 6.92 Å². The summed E-state index contributed by atoms with van der Waals surface area (Å²) in [5.74, 6) is 0.0407. The molecule has 1 amide bonds. The Labute approximate surface area is 101 Å². The Balaban J connectivity index is 1.95. The molecule has 0 spiro atoms. The predicted octanol–water partition coefficient (Wildman–Crippen LogP) is -1.42. The smallest absolute Gasteiger partial charge is 0.242 e. The zero-order valence-corrected chi connectivity index (χ0v) is 10.1. The maximum Gasteiger partial charge on any atom is 0.242 e. The van der Waals surface area contributed by atoms with Gasteiger partial charge in [0, 0.05) is 13.1 Å². The summed E-state index contributed by atoms with van der Waals surface area (Å²) >= 11 is 0. The number of aliphatic hydroxyl groups is 1. The van der Waals surface area contributed by atoms with Gasteiger partial charge in [-0.1, -0.05) is 0 Å². The van der Waals surface area contributed by atoms with E-state index in [9.17, 15) is 4.79 Å². The fraction of sp³-hybridized carbons (Fsp3) is 0.909. The summed E-state index contributed by atoms with van der Waals surface area (Å²) in [6, 6.07) is -0.210. The molecule has 0 radical (unpaired) electrons. The van der Waals surface area contributed by atoms with E-state index in [0.29, 0.717) is 32.9 Å². The summed E-state index contributed by atoms with van der Waals surface area (Å²) in [5, 5.41) is 12.2. The predicted molar refractivity (Wildman–Crippen MR) is 60.6 cm³/mol. The highest BCUT2D eigenvalue weighted by Crippen LogP contribution is 2.13. The number of ether oxygens (including phenoxy) is 2. The molecule has 2 fully saturated rings. The number of hydrogen-bond acceptors (Lipinski definition) is 5. The van der Waals surface area contributed by atoms with Crippen molar-refractivity contribution in [2.45, 2.75) is 25.1 Å². The third-order valence-corrected chi connectivity index (χ3v) is 3.21. The second kappa shape index (κ2) is 5.77. The highest BCUT2D eigenvalue weighted by atomic mass is 16.5. The van der Waals surface area contributed by atoms with Crippen LogP contribution in [0.25, 0.3) is 0 Å². The fourth-order valence-electron chi connectivity index (χ4n) is 2.16. The second-order valence-corrected chi connectivity index (χ2v) is 4.56. The number of amides is 1. The average Bonchev–Trinajstić information content (AvgIpc) is 2.39. The van der Waals surface area contributed by atoms with Crippen molar-refractivity contribution in [3.63, 3.8) is 0 Å². The molecule has 2 aliphatic heterocycles. The molecular weight excluding hydrogens is 224 g/mol. The van der Waals surface area contributed by atoms with Crippen LogP contribution in [0.3, 0.4) is 0 Å². The number of carbonyl (C=O) groups is 1. The monoisotopic (exact) mass is 244 g/mol. The van der Waals surface area contributed by atoms with Gasteiger partial charge in [-0.3, -0.25) is 4.79 Å². The lowest BCUT2D eigenvalue weighted by atomic mass is 10.1. The Kier molecular flexibility index (Phi) is 4.33. The van der Waals surface area contributed by atoms with Crippen molar-refractivity contribution in [3.05, 3.63) is 0 Å². The van der Waals surface area contributed by atoms with E-state index >= 15 is 0 Å². The highest BCUT2D eigenvalue weighted by Gasteiger charge is 2.33. The van der Waals surface area contributed by atoms with E-state index in [1.165, 1.54) is 0 Å². The molecule has 2 heterocycles. The molecule has 0 aromatic rings. The number of rotatable bonds is 2. The quantitative estimate of drug-likeness (QED) is 0.624. The number of hydrogen-bond donors (Lipinski definition) is 2. The molecule has 17 heavy (non-hydrogen) atoms. The Morgan fingerprint density at radius 1 is 1.53 bits per heavy atom. The van der Waals surface area contributed by atoms with Crippen LogP contribution in [0.4, 0.5) is 0 Å². The third kappa shape index (κ3) is 2.95. The molecule has 2 N–H and O–H groups in total. The van der Waals surface area contributed by atoms with E-state index < -0.39 is 0 Å². The molecule has 0 aromatic carbocycles. The first-order valence-electron chi connectivity index (χ1n) is 6.06. The van der Waals surface area contributed by atoms with Crippen molar-refractivity contribution in [3.8, 4) is 0 Å². The Morgan fingerprint density at radius 2 is 2.35 bits per heavy atom. The van der Waals surface area contributed by atoms with Crippen LogP contribution < -0.4 is 5.32 Å². The number of nitrogens with zero attached hydrogens (tertiary/aromatic N) is 1. The summed E-state index contributed by atoms with van der Waals surface area (Å²) in [6.45, 7) is 4.62. The summed E-state index contributed by atoms with van der Waals surface area (Å²) in [6.07, 6.45) is -0.264. The summed E-state index contributed by atoms with van der Waals surface area (Å²) in [5.41, 5.74) is 0. The summed E-state index contributed by atoms with van der Waals surface area (Å²) in [7, 11) is 0. The molecule has 2 saturated heterocycles. The van der Waals surface area contributed by atoms with Crippen LogP contribution in [0.5, 0.6) is 0 Å². The summed E-state index contributed by atoms with van der Waals surface area (Å²) < 4.78 is 10.7. The van der Waals surface area contributed by atoms with Crippen LogP contribution in [-0.4, -0.2) is 73.6 Å². The molecule has 6 nitrogen and oxygen atoms in total. The maximum atomic E-state index is 12.3. The van der Waals surface area contributed by atoms with Gasteiger partial charge in [0.1, 0.15) is 6.04 Å². The van der Waals surface area contributed by atoms with Gasteiger partial charge in [-0.05, 0) is 6.92 Å². The van der Waals surface area contributed by atoms with Gasteiger partial charge in [-0.2, -0.15) is 0 Å². The minimum atomic E-state index is -0.264. The molecule has 98 valence electrons. The number of nitrogens with one attached hydrogen (secondary N) is 1. The van der Waals surface area contributed by atoms with Gasteiger partial charge in [-0.25, -0.2) is 0 Å². The molecule has 0 aliphatic carbocycles. The van der Waals surface area contributed by atoms with E-state index in [0.717, 1.165) is 0 Å². The topological polar surface area (TPSA) is 71.0 Å². The number of morpholine rings is 2. The Morgan fingerprint density at radius 3 is 3.00 bits per heavy atom. The standard InChI is InChI=1S/C11H20N2O4/c1-8-6-17-9(5-14)4-13(8)11(15)10-7-16-3-2-12-10/h8-10,12,14H,2-7H2,1H3. The second-order valence-electron chi connectivity index (χ2n) is 4.56. The van der Waals surface area contributed by atoms with Gasteiger partial charge in [0.05, 0.1) is 38.6 Å². The molecule has 3 atom stereocenters. The first kappa shape index (κ1) is 12.8. The van der Waals surface area contributed by atoms with Crippen molar-refractivity contribution in [1.29, 1.82) is 0 Å². The van der Waals surface area contributed by atoms with Gasteiger partial charge >= 0.3 is 0 Å². The first-order valence-corrected chi connectivity index (χ1v) is 6.06. The third-order valence-electron chi connectivity index (χ3n) is 3.21. The lowest BCUT2D eigenvalue weighted by Crippen LogP contribution is -2.59. The largest absolute Gasteiger partial charge is 0.394 e. The zero-order valence-electron chi connectivity index (χ0n) is 10.1. The van der Waals surface area contributed by atoms with Gasteiger partial charge < -0.3 is 24.8 Å². The molecule has 2 rings (SSSR count). The molecule has 0 bridgehead atoms. The van der Waals surface area contributed by atoms with Crippen LogP contribution in [0, 0.1) is 0 Å². The number of carbonyl (C=O) groups excluding carboxylic acids is 1. The van der Waals surface area contributed by atoms with Crippen molar-refractivity contribution >= 4 is 5.91 Å². The van der Waals surface area contributed by atoms with E-state index in [-0.39, 0.29) is 30.7 Å². The minimum Gasteiger partial charge on any atom is -0.394 e. The SMILES string of the molecule is CC1COC(CO)CN1C(=O)C1COCCN1. The molecule has 6 heteroatoms. The van der Waals surface area contributed by atoms with Gasteiger partial charge in [-0.15, -0.1) is 0 Å². The van der Waals surface area contributed by atoms with E-state index in [1.54, 1.807) is 4.90 Å². The highest BCUT2D eigenvalue weighted by molar-refractivity contribution is 5.82. The van der Waals surface area contributed by atoms with Gasteiger partial charge in [0.15, 0.2) is 0 Å². The molecule has 3 unspecified atom stereocenters. The van der Waals surface area contributed by atoms with Crippen LogP contribution in [0.15, 0.2) is 0 Å². The zero-order chi connectivity index (χ0) is 12.3. The minimum absolute atomic E-state index is 0.0407. The van der Waals surface area contributed by atoms with E-state index in [4.69, 9.17) is 14.6 Å². The lowest BCUT2D eigenvalue weighted by Gasteiger charge is -2.39. The maximum absolute atomic E-state index is 12.3. The normalized spacial score (nSPS) is 34.7. The van der Waals surface area contributed by atoms with Gasteiger partial charge in [0.25, 0.3) is 0 Å². The van der Waals surface area contributed by atoms with Crippen molar-refractivity contribution < 1.29 is 19.4 Å². The van der Waals surface area contributed by atoms with Crippen LogP contribution >= 0.6 is 0 Å². The Hall–Kier alpha value is -0.690. The van der Waals surface area contributed by atoms with Gasteiger partial charge in [0.2, 0.25) is 5.91 Å². The molecule has 0 aromatic heterocycles. The van der Waals surface area contributed by atoms with E-state index in [1.807, 2.05) is 6.92 Å². The first-order chi connectivity index (χ1) is 8.22. The van der Waals surface area contributed by atoms with E-state index in [2.05, 4.69) is 5.32 Å². The average molecular weight is 244 g/mol.